The van der Waals surface area contributed by atoms with E-state index in [1.165, 1.54) is 6.42 Å². The first-order valence-corrected chi connectivity index (χ1v) is 5.62. The zero-order valence-electron chi connectivity index (χ0n) is 9.33. The van der Waals surface area contributed by atoms with E-state index in [0.29, 0.717) is 6.04 Å². The first kappa shape index (κ1) is 10.2. The first-order chi connectivity index (χ1) is 7.29. The lowest BCUT2D eigenvalue weighted by atomic mass is 10.4. The monoisotopic (exact) mass is 206 g/mol. The van der Waals surface area contributed by atoms with Crippen LogP contribution in [0.3, 0.4) is 0 Å². The molecule has 0 aliphatic heterocycles. The number of hydrogen-bond donors (Lipinski definition) is 2. The molecular formula is C11H18N4. The maximum Gasteiger partial charge on any atom is 0.131 e. The lowest BCUT2D eigenvalue weighted by Gasteiger charge is -2.07. The Bertz CT molecular complexity index is 326. The third-order valence-electron chi connectivity index (χ3n) is 2.67. The molecule has 0 saturated heterocycles. The minimum Gasteiger partial charge on any atom is -0.370 e. The molecule has 1 aromatic rings. The molecule has 2 rings (SSSR count). The van der Waals surface area contributed by atoms with Crippen molar-refractivity contribution in [3.8, 4) is 0 Å². The Morgan fingerprint density at radius 2 is 2.13 bits per heavy atom. The summed E-state index contributed by atoms with van der Waals surface area (Å²) in [7, 11) is 0. The molecule has 82 valence electrons. The van der Waals surface area contributed by atoms with Crippen LogP contribution in [0.2, 0.25) is 0 Å². The molecule has 2 atom stereocenters. The molecule has 2 unspecified atom stereocenters. The fraction of sp³-hybridized carbons (Fsp3) is 0.636. The molecule has 4 nitrogen and oxygen atoms in total. The van der Waals surface area contributed by atoms with Crippen LogP contribution >= 0.6 is 0 Å². The van der Waals surface area contributed by atoms with Gasteiger partial charge in [-0.15, -0.1) is 0 Å². The second-order valence-corrected chi connectivity index (χ2v) is 4.18. The van der Waals surface area contributed by atoms with Crippen LogP contribution in [0.1, 0.15) is 26.7 Å². The van der Waals surface area contributed by atoms with Crippen LogP contribution in [0, 0.1) is 5.92 Å². The summed E-state index contributed by atoms with van der Waals surface area (Å²) in [5.74, 6) is 2.62. The second-order valence-electron chi connectivity index (χ2n) is 4.18. The van der Waals surface area contributed by atoms with Crippen LogP contribution in [-0.2, 0) is 0 Å². The van der Waals surface area contributed by atoms with Crippen LogP contribution in [0.15, 0.2) is 12.4 Å². The van der Waals surface area contributed by atoms with Crippen molar-refractivity contribution in [2.45, 2.75) is 32.7 Å². The molecule has 2 N–H and O–H groups in total. The van der Waals surface area contributed by atoms with Crippen LogP contribution in [0.25, 0.3) is 0 Å². The van der Waals surface area contributed by atoms with E-state index in [1.54, 1.807) is 6.33 Å². The Kier molecular flexibility index (Phi) is 3.04. The van der Waals surface area contributed by atoms with Crippen LogP contribution in [-0.4, -0.2) is 22.6 Å². The molecule has 4 heteroatoms. The third kappa shape index (κ3) is 2.81. The van der Waals surface area contributed by atoms with Crippen molar-refractivity contribution >= 4 is 11.6 Å². The highest BCUT2D eigenvalue weighted by Crippen LogP contribution is 2.32. The quantitative estimate of drug-likeness (QED) is 0.774. The van der Waals surface area contributed by atoms with Gasteiger partial charge in [0.05, 0.1) is 0 Å². The fourth-order valence-corrected chi connectivity index (χ4v) is 1.50. The largest absolute Gasteiger partial charge is 0.370 e. The van der Waals surface area contributed by atoms with Gasteiger partial charge in [0, 0.05) is 18.7 Å². The summed E-state index contributed by atoms with van der Waals surface area (Å²) in [6.45, 7) is 5.34. The van der Waals surface area contributed by atoms with E-state index in [-0.39, 0.29) is 0 Å². The third-order valence-corrected chi connectivity index (χ3v) is 2.67. The normalized spacial score (nSPS) is 23.6. The Hall–Kier alpha value is -1.32. The smallest absolute Gasteiger partial charge is 0.131 e. The predicted octanol–water partition coefficient (Wildman–Crippen LogP) is 2.12. The Morgan fingerprint density at radius 1 is 1.40 bits per heavy atom. The summed E-state index contributed by atoms with van der Waals surface area (Å²) in [5, 5.41) is 6.64. The van der Waals surface area contributed by atoms with Crippen LogP contribution in [0.4, 0.5) is 11.6 Å². The van der Waals surface area contributed by atoms with Crippen molar-refractivity contribution in [3.05, 3.63) is 12.4 Å². The lowest BCUT2D eigenvalue weighted by Crippen LogP contribution is -2.07. The van der Waals surface area contributed by atoms with E-state index in [2.05, 4.69) is 34.4 Å². The van der Waals surface area contributed by atoms with Crippen molar-refractivity contribution in [1.82, 2.24) is 9.97 Å². The van der Waals surface area contributed by atoms with E-state index in [9.17, 15) is 0 Å². The highest BCUT2D eigenvalue weighted by atomic mass is 15.1. The van der Waals surface area contributed by atoms with Gasteiger partial charge in [0.25, 0.3) is 0 Å². The average Bonchev–Trinajstić information content (AvgIpc) is 2.92. The van der Waals surface area contributed by atoms with Gasteiger partial charge in [-0.3, -0.25) is 0 Å². The van der Waals surface area contributed by atoms with Crippen molar-refractivity contribution in [2.75, 3.05) is 17.2 Å². The summed E-state index contributed by atoms with van der Waals surface area (Å²) in [6, 6.07) is 2.58. The van der Waals surface area contributed by atoms with Crippen LogP contribution in [0.5, 0.6) is 0 Å². The van der Waals surface area contributed by atoms with Gasteiger partial charge in [0.2, 0.25) is 0 Å². The molecule has 1 aliphatic carbocycles. The van der Waals surface area contributed by atoms with Gasteiger partial charge in [-0.1, -0.05) is 13.8 Å². The topological polar surface area (TPSA) is 49.8 Å². The highest BCUT2D eigenvalue weighted by Gasteiger charge is 2.32. The average molecular weight is 206 g/mol. The highest BCUT2D eigenvalue weighted by molar-refractivity contribution is 5.47. The molecule has 0 spiro atoms. The molecule has 0 bridgehead atoms. The molecular weight excluding hydrogens is 188 g/mol. The molecule has 1 aromatic heterocycles. The Balaban J connectivity index is 1.93. The van der Waals surface area contributed by atoms with E-state index in [4.69, 9.17) is 0 Å². The van der Waals surface area contributed by atoms with Gasteiger partial charge < -0.3 is 10.6 Å². The van der Waals surface area contributed by atoms with Crippen molar-refractivity contribution in [3.63, 3.8) is 0 Å². The number of rotatable bonds is 5. The molecule has 1 aliphatic rings. The summed E-state index contributed by atoms with van der Waals surface area (Å²) in [6.07, 6.45) is 3.96. The van der Waals surface area contributed by atoms with Gasteiger partial charge in [0.1, 0.15) is 18.0 Å². The molecule has 0 aromatic carbocycles. The number of hydrogen-bond acceptors (Lipinski definition) is 4. The van der Waals surface area contributed by atoms with E-state index < -0.39 is 0 Å². The summed E-state index contributed by atoms with van der Waals surface area (Å²) in [4.78, 5) is 8.36. The SMILES string of the molecule is CCCNc1cc(NC2CC2C)ncn1. The van der Waals surface area contributed by atoms with Gasteiger partial charge in [-0.2, -0.15) is 0 Å². The van der Waals surface area contributed by atoms with Crippen LogP contribution < -0.4 is 10.6 Å². The predicted molar refractivity (Wildman–Crippen MR) is 62.0 cm³/mol. The Morgan fingerprint density at radius 3 is 2.80 bits per heavy atom. The first-order valence-electron chi connectivity index (χ1n) is 5.62. The fourth-order valence-electron chi connectivity index (χ4n) is 1.50. The number of aromatic nitrogens is 2. The number of anilines is 2. The summed E-state index contributed by atoms with van der Waals surface area (Å²) in [5.41, 5.74) is 0. The zero-order chi connectivity index (χ0) is 10.7. The van der Waals surface area contributed by atoms with E-state index in [1.807, 2.05) is 6.07 Å². The molecule has 1 heterocycles. The van der Waals surface area contributed by atoms with Gasteiger partial charge in [-0.05, 0) is 18.8 Å². The number of nitrogens with zero attached hydrogens (tertiary/aromatic N) is 2. The van der Waals surface area contributed by atoms with Gasteiger partial charge in [0.15, 0.2) is 0 Å². The van der Waals surface area contributed by atoms with E-state index >= 15 is 0 Å². The van der Waals surface area contributed by atoms with Crippen molar-refractivity contribution < 1.29 is 0 Å². The standard InChI is InChI=1S/C11H18N4/c1-3-4-12-10-6-11(14-7-13-10)15-9-5-8(9)2/h6-9H,3-5H2,1-2H3,(H2,12,13,14,15). The second kappa shape index (κ2) is 4.47. The minimum absolute atomic E-state index is 0.610. The molecule has 1 fully saturated rings. The summed E-state index contributed by atoms with van der Waals surface area (Å²) >= 11 is 0. The maximum absolute atomic E-state index is 4.20. The minimum atomic E-state index is 0.610. The van der Waals surface area contributed by atoms with E-state index in [0.717, 1.165) is 30.5 Å². The van der Waals surface area contributed by atoms with Gasteiger partial charge >= 0.3 is 0 Å². The van der Waals surface area contributed by atoms with Crippen molar-refractivity contribution in [2.24, 2.45) is 5.92 Å². The zero-order valence-corrected chi connectivity index (χ0v) is 9.33. The maximum atomic E-state index is 4.20. The van der Waals surface area contributed by atoms with Crippen molar-refractivity contribution in [1.29, 1.82) is 0 Å². The van der Waals surface area contributed by atoms with Gasteiger partial charge in [-0.25, -0.2) is 9.97 Å². The lowest BCUT2D eigenvalue weighted by molar-refractivity contribution is 0.920. The molecule has 1 saturated carbocycles. The molecule has 0 amide bonds. The Labute approximate surface area is 90.5 Å². The number of nitrogens with one attached hydrogen (secondary N) is 2. The molecule has 0 radical (unpaired) electrons. The summed E-state index contributed by atoms with van der Waals surface area (Å²) < 4.78 is 0. The molecule has 15 heavy (non-hydrogen) atoms.